The van der Waals surface area contributed by atoms with Crippen LogP contribution in [0.25, 0.3) is 6.08 Å². The summed E-state index contributed by atoms with van der Waals surface area (Å²) in [6.07, 6.45) is 5.61. The minimum atomic E-state index is -1.01. The monoisotopic (exact) mass is 285 g/mol. The number of nitrogens with zero attached hydrogens (tertiary/aromatic N) is 3. The minimum Gasteiger partial charge on any atom is -0.495 e. The third kappa shape index (κ3) is 3.56. The summed E-state index contributed by atoms with van der Waals surface area (Å²) in [6.45, 7) is 0. The van der Waals surface area contributed by atoms with Gasteiger partial charge in [-0.2, -0.15) is 0 Å². The molecule has 0 radical (unpaired) electrons. The Bertz CT molecular complexity index is 653. The van der Waals surface area contributed by atoms with Gasteiger partial charge in [0.2, 0.25) is 5.95 Å². The van der Waals surface area contributed by atoms with Crippen molar-refractivity contribution in [2.45, 2.75) is 0 Å². The van der Waals surface area contributed by atoms with Gasteiger partial charge in [-0.05, 0) is 18.2 Å². The summed E-state index contributed by atoms with van der Waals surface area (Å²) >= 11 is 0. The molecule has 0 bridgehead atoms. The summed E-state index contributed by atoms with van der Waals surface area (Å²) < 4.78 is 5.30. The predicted molar refractivity (Wildman–Crippen MR) is 79.8 cm³/mol. The van der Waals surface area contributed by atoms with Crippen LogP contribution >= 0.6 is 0 Å². The van der Waals surface area contributed by atoms with Gasteiger partial charge in [-0.1, -0.05) is 12.1 Å². The molecule has 0 aliphatic heterocycles. The number of aromatic nitrogens is 2. The molecule has 0 atom stereocenters. The first kappa shape index (κ1) is 14.5. The van der Waals surface area contributed by atoms with Crippen molar-refractivity contribution in [2.24, 2.45) is 0 Å². The Morgan fingerprint density at radius 3 is 2.57 bits per heavy atom. The van der Waals surface area contributed by atoms with Crippen molar-refractivity contribution in [2.75, 3.05) is 19.1 Å². The van der Waals surface area contributed by atoms with E-state index in [1.165, 1.54) is 6.08 Å². The molecule has 2 aromatic rings. The summed E-state index contributed by atoms with van der Waals surface area (Å²) in [4.78, 5) is 20.7. The number of aliphatic carboxylic acids is 1. The van der Waals surface area contributed by atoms with Crippen LogP contribution in [0.15, 0.2) is 42.7 Å². The molecule has 1 aromatic carbocycles. The number of carbonyl (C=O) groups is 1. The van der Waals surface area contributed by atoms with Crippen molar-refractivity contribution in [3.05, 3.63) is 48.3 Å². The number of methoxy groups -OCH3 is 1. The molecule has 0 amide bonds. The zero-order chi connectivity index (χ0) is 15.2. The van der Waals surface area contributed by atoms with E-state index in [0.29, 0.717) is 11.5 Å². The number of ether oxygens (including phenoxy) is 1. The molecule has 6 heteroatoms. The van der Waals surface area contributed by atoms with Gasteiger partial charge in [-0.25, -0.2) is 14.8 Å². The molecular weight excluding hydrogens is 270 g/mol. The summed E-state index contributed by atoms with van der Waals surface area (Å²) in [5.74, 6) is 0.204. The van der Waals surface area contributed by atoms with Gasteiger partial charge in [0, 0.05) is 31.1 Å². The fourth-order valence-corrected chi connectivity index (χ4v) is 1.77. The van der Waals surface area contributed by atoms with Gasteiger partial charge in [0.15, 0.2) is 0 Å². The van der Waals surface area contributed by atoms with E-state index in [0.717, 1.165) is 17.5 Å². The number of benzene rings is 1. The highest BCUT2D eigenvalue weighted by Gasteiger charge is 2.11. The molecular formula is C15H15N3O3. The van der Waals surface area contributed by atoms with Gasteiger partial charge in [0.05, 0.1) is 12.8 Å². The smallest absolute Gasteiger partial charge is 0.328 e. The van der Waals surface area contributed by atoms with E-state index >= 15 is 0 Å². The lowest BCUT2D eigenvalue weighted by molar-refractivity contribution is -0.131. The van der Waals surface area contributed by atoms with Gasteiger partial charge >= 0.3 is 5.97 Å². The summed E-state index contributed by atoms with van der Waals surface area (Å²) in [5.41, 5.74) is 1.46. The first-order valence-electron chi connectivity index (χ1n) is 6.21. The highest BCUT2D eigenvalue weighted by Crippen LogP contribution is 2.30. The first-order valence-corrected chi connectivity index (χ1v) is 6.21. The van der Waals surface area contributed by atoms with Gasteiger partial charge < -0.3 is 14.7 Å². The lowest BCUT2D eigenvalue weighted by atomic mass is 10.2. The molecule has 0 saturated heterocycles. The average molecular weight is 285 g/mol. The number of carboxylic acids is 1. The highest BCUT2D eigenvalue weighted by molar-refractivity contribution is 5.85. The van der Waals surface area contributed by atoms with Crippen LogP contribution in [0.2, 0.25) is 0 Å². The summed E-state index contributed by atoms with van der Waals surface area (Å²) in [6, 6.07) is 7.55. The molecule has 0 unspecified atom stereocenters. The van der Waals surface area contributed by atoms with Crippen LogP contribution in [0.3, 0.4) is 0 Å². The Morgan fingerprint density at radius 1 is 1.29 bits per heavy atom. The van der Waals surface area contributed by atoms with Crippen LogP contribution in [-0.2, 0) is 4.79 Å². The Hall–Kier alpha value is -2.89. The maximum atomic E-state index is 10.5. The quantitative estimate of drug-likeness (QED) is 0.850. The van der Waals surface area contributed by atoms with E-state index in [1.54, 1.807) is 24.4 Å². The number of para-hydroxylation sites is 2. The van der Waals surface area contributed by atoms with E-state index in [1.807, 2.05) is 31.3 Å². The van der Waals surface area contributed by atoms with E-state index < -0.39 is 5.97 Å². The lowest BCUT2D eigenvalue weighted by Gasteiger charge is -2.19. The van der Waals surface area contributed by atoms with Crippen molar-refractivity contribution in [3.63, 3.8) is 0 Å². The Kier molecular flexibility index (Phi) is 4.50. The van der Waals surface area contributed by atoms with Crippen molar-refractivity contribution in [3.8, 4) is 5.75 Å². The van der Waals surface area contributed by atoms with Crippen molar-refractivity contribution in [1.29, 1.82) is 0 Å². The van der Waals surface area contributed by atoms with E-state index in [-0.39, 0.29) is 0 Å². The van der Waals surface area contributed by atoms with Crippen LogP contribution in [0.1, 0.15) is 5.56 Å². The topological polar surface area (TPSA) is 75.5 Å². The van der Waals surface area contributed by atoms with Gasteiger partial charge in [-0.15, -0.1) is 0 Å². The number of carboxylic acid groups (broad SMARTS) is 1. The van der Waals surface area contributed by atoms with Crippen LogP contribution in [0.5, 0.6) is 5.75 Å². The molecule has 0 spiro atoms. The Morgan fingerprint density at radius 2 is 1.95 bits per heavy atom. The van der Waals surface area contributed by atoms with Crippen molar-refractivity contribution < 1.29 is 14.6 Å². The molecule has 0 aliphatic rings. The second kappa shape index (κ2) is 6.51. The van der Waals surface area contributed by atoms with Crippen molar-refractivity contribution in [1.82, 2.24) is 9.97 Å². The largest absolute Gasteiger partial charge is 0.495 e. The molecule has 0 fully saturated rings. The molecule has 2 rings (SSSR count). The zero-order valence-electron chi connectivity index (χ0n) is 11.7. The van der Waals surface area contributed by atoms with Crippen LogP contribution in [0.4, 0.5) is 11.6 Å². The Balaban J connectivity index is 2.24. The predicted octanol–water partition coefficient (Wildman–Crippen LogP) is 2.35. The summed E-state index contributed by atoms with van der Waals surface area (Å²) in [7, 11) is 3.44. The second-order valence-electron chi connectivity index (χ2n) is 4.22. The highest BCUT2D eigenvalue weighted by atomic mass is 16.5. The molecule has 6 nitrogen and oxygen atoms in total. The molecule has 21 heavy (non-hydrogen) atoms. The van der Waals surface area contributed by atoms with Crippen LogP contribution in [0, 0.1) is 0 Å². The molecule has 108 valence electrons. The van der Waals surface area contributed by atoms with Crippen LogP contribution in [-0.4, -0.2) is 35.2 Å². The number of anilines is 2. The molecule has 1 N–H and O–H groups in total. The normalized spacial score (nSPS) is 10.6. The lowest BCUT2D eigenvalue weighted by Crippen LogP contribution is -2.13. The minimum absolute atomic E-state index is 0.493. The van der Waals surface area contributed by atoms with Crippen molar-refractivity contribution >= 4 is 23.7 Å². The molecule has 0 saturated carbocycles. The van der Waals surface area contributed by atoms with E-state index in [4.69, 9.17) is 9.84 Å². The molecule has 1 aromatic heterocycles. The SMILES string of the molecule is COc1ccccc1N(C)c1ncc(/C=C/C(=O)O)cn1. The first-order chi connectivity index (χ1) is 10.1. The maximum absolute atomic E-state index is 10.5. The van der Waals surface area contributed by atoms with Gasteiger partial charge in [0.1, 0.15) is 5.75 Å². The Labute approximate surface area is 122 Å². The standard InChI is InChI=1S/C15H15N3O3/c1-18(12-5-3-4-6-13(12)21-2)15-16-9-11(10-17-15)7-8-14(19)20/h3-10H,1-2H3,(H,19,20)/b8-7+. The number of hydrogen-bond donors (Lipinski definition) is 1. The third-order valence-corrected chi connectivity index (χ3v) is 2.82. The fourth-order valence-electron chi connectivity index (χ4n) is 1.77. The molecule has 0 aliphatic carbocycles. The number of hydrogen-bond acceptors (Lipinski definition) is 5. The maximum Gasteiger partial charge on any atom is 0.328 e. The number of rotatable bonds is 5. The van der Waals surface area contributed by atoms with E-state index in [2.05, 4.69) is 9.97 Å². The van der Waals surface area contributed by atoms with E-state index in [9.17, 15) is 4.79 Å². The fraction of sp³-hybridized carbons (Fsp3) is 0.133. The van der Waals surface area contributed by atoms with Gasteiger partial charge in [-0.3, -0.25) is 0 Å². The average Bonchev–Trinajstić information content (AvgIpc) is 2.52. The van der Waals surface area contributed by atoms with Crippen LogP contribution < -0.4 is 9.64 Å². The second-order valence-corrected chi connectivity index (χ2v) is 4.22. The molecule has 1 heterocycles. The third-order valence-electron chi connectivity index (χ3n) is 2.82. The zero-order valence-corrected chi connectivity index (χ0v) is 11.7. The van der Waals surface area contributed by atoms with Gasteiger partial charge in [0.25, 0.3) is 0 Å². The summed E-state index contributed by atoms with van der Waals surface area (Å²) in [5, 5.41) is 8.57.